The van der Waals surface area contributed by atoms with E-state index in [1.54, 1.807) is 11.3 Å². The van der Waals surface area contributed by atoms with Crippen molar-refractivity contribution in [1.82, 2.24) is 4.90 Å². The van der Waals surface area contributed by atoms with Crippen molar-refractivity contribution >= 4 is 0 Å². The molecule has 0 N–H and O–H groups in total. The Morgan fingerprint density at radius 2 is 1.47 bits per heavy atom. The largest absolute Gasteiger partial charge is 0.377 e. The maximum Gasteiger partial charge on any atom is 0.0182 e. The maximum absolute atomic E-state index is 2.46. The van der Waals surface area contributed by atoms with E-state index in [1.807, 2.05) is 0 Å². The van der Waals surface area contributed by atoms with Crippen molar-refractivity contribution in [3.8, 4) is 0 Å². The molecule has 0 atom stereocenters. The van der Waals surface area contributed by atoms with Crippen LogP contribution < -0.4 is 0 Å². The average Bonchev–Trinajstić information content (AvgIpc) is 1.99. The van der Waals surface area contributed by atoms with E-state index in [2.05, 4.69) is 53.5 Å². The van der Waals surface area contributed by atoms with Gasteiger partial charge in [0.15, 0.2) is 0 Å². The molecule has 88 valence electrons. The van der Waals surface area contributed by atoms with Crippen molar-refractivity contribution in [2.75, 3.05) is 13.6 Å². The molecule has 1 aliphatic rings. The van der Waals surface area contributed by atoms with Gasteiger partial charge in [0.1, 0.15) is 0 Å². The summed E-state index contributed by atoms with van der Waals surface area (Å²) in [6.45, 7) is 15.2. The molecule has 0 bridgehead atoms. The van der Waals surface area contributed by atoms with Gasteiger partial charge in [0, 0.05) is 24.7 Å². The highest BCUT2D eigenvalue weighted by Crippen LogP contribution is 2.42. The van der Waals surface area contributed by atoms with E-state index < -0.39 is 0 Å². The van der Waals surface area contributed by atoms with Gasteiger partial charge in [-0.05, 0) is 23.8 Å². The third kappa shape index (κ3) is 2.76. The Morgan fingerprint density at radius 1 is 0.933 bits per heavy atom. The van der Waals surface area contributed by atoms with E-state index in [1.165, 1.54) is 19.4 Å². The fraction of sp³-hybridized carbons (Fsp3) is 0.857. The van der Waals surface area contributed by atoms with Gasteiger partial charge in [-0.1, -0.05) is 41.5 Å². The molecule has 0 fully saturated rings. The highest BCUT2D eigenvalue weighted by atomic mass is 15.1. The lowest BCUT2D eigenvalue weighted by Gasteiger charge is -2.42. The lowest BCUT2D eigenvalue weighted by molar-refractivity contribution is 0.259. The number of hydrogen-bond donors (Lipinski definition) is 0. The molecule has 0 aromatic rings. The number of allylic oxidation sites excluding steroid dienone is 2. The molecule has 0 saturated heterocycles. The molecular weight excluding hydrogens is 182 g/mol. The summed E-state index contributed by atoms with van der Waals surface area (Å²) in [6.07, 6.45) is 2.59. The van der Waals surface area contributed by atoms with Gasteiger partial charge in [-0.15, -0.1) is 0 Å². The molecule has 0 unspecified atom stereocenters. The first-order valence-corrected chi connectivity index (χ1v) is 6.09. The van der Waals surface area contributed by atoms with Crippen molar-refractivity contribution in [1.29, 1.82) is 0 Å². The molecule has 0 radical (unpaired) electrons. The molecule has 0 aromatic heterocycles. The predicted octanol–water partition coefficient (Wildman–Crippen LogP) is 4.06. The Balaban J connectivity index is 3.23. The summed E-state index contributed by atoms with van der Waals surface area (Å²) in [5, 5.41) is 0. The summed E-state index contributed by atoms with van der Waals surface area (Å²) in [6, 6.07) is 0. The van der Waals surface area contributed by atoms with Crippen LogP contribution in [0.25, 0.3) is 0 Å². The van der Waals surface area contributed by atoms with Crippen molar-refractivity contribution in [2.45, 2.75) is 54.4 Å². The molecule has 1 aliphatic heterocycles. The molecule has 1 rings (SSSR count). The first-order valence-electron chi connectivity index (χ1n) is 6.09. The standard InChI is InChI=1S/C14H27N/c1-13(2,3)11-9-8-10-15(7)12(11)14(4,5)6/h8-10H2,1-7H3. The summed E-state index contributed by atoms with van der Waals surface area (Å²) in [5.74, 6) is 0. The lowest BCUT2D eigenvalue weighted by Crippen LogP contribution is -2.35. The summed E-state index contributed by atoms with van der Waals surface area (Å²) >= 11 is 0. The van der Waals surface area contributed by atoms with Crippen LogP contribution in [0.2, 0.25) is 0 Å². The van der Waals surface area contributed by atoms with Crippen LogP contribution in [-0.2, 0) is 0 Å². The molecule has 0 aliphatic carbocycles. The van der Waals surface area contributed by atoms with Gasteiger partial charge in [-0.2, -0.15) is 0 Å². The molecule has 0 aromatic carbocycles. The number of rotatable bonds is 0. The number of nitrogens with zero attached hydrogens (tertiary/aromatic N) is 1. The van der Waals surface area contributed by atoms with Crippen molar-refractivity contribution in [3.05, 3.63) is 11.3 Å². The zero-order valence-electron chi connectivity index (χ0n) is 11.6. The fourth-order valence-corrected chi connectivity index (χ4v) is 2.71. The van der Waals surface area contributed by atoms with Crippen molar-refractivity contribution < 1.29 is 0 Å². The molecule has 0 amide bonds. The predicted molar refractivity (Wildman–Crippen MR) is 67.8 cm³/mol. The summed E-state index contributed by atoms with van der Waals surface area (Å²) in [7, 11) is 2.24. The minimum Gasteiger partial charge on any atom is -0.377 e. The second-order valence-electron chi connectivity index (χ2n) is 6.85. The van der Waals surface area contributed by atoms with Gasteiger partial charge in [-0.25, -0.2) is 0 Å². The third-order valence-corrected chi connectivity index (χ3v) is 3.20. The SMILES string of the molecule is CN1CCCC(C(C)(C)C)=C1C(C)(C)C. The average molecular weight is 209 g/mol. The van der Waals surface area contributed by atoms with Crippen LogP contribution in [0.3, 0.4) is 0 Å². The maximum atomic E-state index is 2.46. The minimum absolute atomic E-state index is 0.276. The van der Waals surface area contributed by atoms with Crippen molar-refractivity contribution in [2.24, 2.45) is 10.8 Å². The van der Waals surface area contributed by atoms with E-state index in [-0.39, 0.29) is 5.41 Å². The Labute approximate surface area is 95.5 Å². The smallest absolute Gasteiger partial charge is 0.0182 e. The monoisotopic (exact) mass is 209 g/mol. The molecule has 0 saturated carbocycles. The van der Waals surface area contributed by atoms with Crippen LogP contribution in [-0.4, -0.2) is 18.5 Å². The van der Waals surface area contributed by atoms with Gasteiger partial charge < -0.3 is 4.90 Å². The van der Waals surface area contributed by atoms with Crippen molar-refractivity contribution in [3.63, 3.8) is 0 Å². The van der Waals surface area contributed by atoms with Gasteiger partial charge in [-0.3, -0.25) is 0 Å². The lowest BCUT2D eigenvalue weighted by atomic mass is 9.74. The zero-order chi connectivity index (χ0) is 11.9. The quantitative estimate of drug-likeness (QED) is 0.581. The second-order valence-corrected chi connectivity index (χ2v) is 6.85. The molecule has 1 heterocycles. The van der Waals surface area contributed by atoms with Crippen LogP contribution in [0, 0.1) is 10.8 Å². The zero-order valence-corrected chi connectivity index (χ0v) is 11.6. The van der Waals surface area contributed by atoms with E-state index in [9.17, 15) is 0 Å². The van der Waals surface area contributed by atoms with Crippen LogP contribution in [0.4, 0.5) is 0 Å². The van der Waals surface area contributed by atoms with Gasteiger partial charge in [0.2, 0.25) is 0 Å². The molecule has 1 nitrogen and oxygen atoms in total. The highest BCUT2D eigenvalue weighted by Gasteiger charge is 2.32. The van der Waals surface area contributed by atoms with Gasteiger partial charge >= 0.3 is 0 Å². The molecular formula is C14H27N. The van der Waals surface area contributed by atoms with Gasteiger partial charge in [0.05, 0.1) is 0 Å². The van der Waals surface area contributed by atoms with Gasteiger partial charge in [0.25, 0.3) is 0 Å². The molecule has 15 heavy (non-hydrogen) atoms. The van der Waals surface area contributed by atoms with E-state index in [0.29, 0.717) is 5.41 Å². The van der Waals surface area contributed by atoms with E-state index in [4.69, 9.17) is 0 Å². The van der Waals surface area contributed by atoms with E-state index in [0.717, 1.165) is 0 Å². The Bertz CT molecular complexity index is 260. The highest BCUT2D eigenvalue weighted by molar-refractivity contribution is 5.25. The van der Waals surface area contributed by atoms with E-state index >= 15 is 0 Å². The Kier molecular flexibility index (Phi) is 3.23. The summed E-state index contributed by atoms with van der Waals surface area (Å²) < 4.78 is 0. The Hall–Kier alpha value is -0.460. The summed E-state index contributed by atoms with van der Waals surface area (Å²) in [4.78, 5) is 2.46. The topological polar surface area (TPSA) is 3.24 Å². The fourth-order valence-electron chi connectivity index (χ4n) is 2.71. The third-order valence-electron chi connectivity index (χ3n) is 3.20. The first-order chi connectivity index (χ1) is 6.64. The normalized spacial score (nSPS) is 19.8. The van der Waals surface area contributed by atoms with Crippen LogP contribution in [0.15, 0.2) is 11.3 Å². The molecule has 0 spiro atoms. The molecule has 1 heteroatoms. The van der Waals surface area contributed by atoms with Crippen LogP contribution in [0.5, 0.6) is 0 Å². The second kappa shape index (κ2) is 3.84. The minimum atomic E-state index is 0.276. The Morgan fingerprint density at radius 3 is 1.80 bits per heavy atom. The first kappa shape index (κ1) is 12.6. The van der Waals surface area contributed by atoms with Crippen LogP contribution >= 0.6 is 0 Å². The number of hydrogen-bond acceptors (Lipinski definition) is 1. The summed E-state index contributed by atoms with van der Waals surface area (Å²) in [5.41, 5.74) is 3.82. The van der Waals surface area contributed by atoms with Crippen LogP contribution in [0.1, 0.15) is 54.4 Å².